The van der Waals surface area contributed by atoms with Gasteiger partial charge in [-0.3, -0.25) is 19.0 Å². The first kappa shape index (κ1) is 23.6. The third-order valence-corrected chi connectivity index (χ3v) is 6.22. The lowest BCUT2D eigenvalue weighted by atomic mass is 10.1. The van der Waals surface area contributed by atoms with Crippen LogP contribution in [0.4, 0.5) is 0 Å². The minimum atomic E-state index is -0.202. The molecule has 1 amide bonds. The summed E-state index contributed by atoms with van der Waals surface area (Å²) in [5, 5.41) is 1.15. The van der Waals surface area contributed by atoms with E-state index in [0.717, 1.165) is 18.4 Å². The zero-order chi connectivity index (χ0) is 24.1. The topological polar surface area (TPSA) is 104 Å². The highest BCUT2D eigenvalue weighted by atomic mass is 32.1. The van der Waals surface area contributed by atoms with E-state index in [2.05, 4.69) is 15.0 Å². The van der Waals surface area contributed by atoms with Gasteiger partial charge in [0, 0.05) is 19.5 Å². The third kappa shape index (κ3) is 5.14. The normalized spacial score (nSPS) is 11.2. The lowest BCUT2D eigenvalue weighted by Crippen LogP contribution is -2.31. The molecule has 0 saturated carbocycles. The van der Waals surface area contributed by atoms with Gasteiger partial charge in [-0.15, -0.1) is 0 Å². The summed E-state index contributed by atoms with van der Waals surface area (Å²) in [5.74, 6) is 0.488. The Morgan fingerprint density at radius 3 is 2.53 bits per heavy atom. The molecule has 9 heteroatoms. The number of aromatic nitrogens is 4. The van der Waals surface area contributed by atoms with Gasteiger partial charge in [0.25, 0.3) is 11.1 Å². The van der Waals surface area contributed by atoms with Crippen molar-refractivity contribution in [2.75, 3.05) is 6.54 Å². The molecule has 0 saturated heterocycles. The predicted molar refractivity (Wildman–Crippen MR) is 135 cm³/mol. The van der Waals surface area contributed by atoms with Crippen LogP contribution < -0.4 is 11.1 Å². The van der Waals surface area contributed by atoms with Gasteiger partial charge < -0.3 is 14.9 Å². The first-order valence-corrected chi connectivity index (χ1v) is 11.9. The summed E-state index contributed by atoms with van der Waals surface area (Å²) in [6.07, 6.45) is 2.64. The van der Waals surface area contributed by atoms with Gasteiger partial charge >= 0.3 is 0 Å². The number of para-hydroxylation sites is 2. The number of rotatable bonds is 9. The summed E-state index contributed by atoms with van der Waals surface area (Å²) in [5.41, 5.74) is 1.06. The van der Waals surface area contributed by atoms with E-state index < -0.39 is 0 Å². The molecule has 176 valence electrons. The van der Waals surface area contributed by atoms with Gasteiger partial charge in [0.15, 0.2) is 4.77 Å². The molecule has 0 radical (unpaired) electrons. The molecule has 0 unspecified atom stereocenters. The highest BCUT2D eigenvalue weighted by Crippen LogP contribution is 2.11. The van der Waals surface area contributed by atoms with Crippen LogP contribution in [0.1, 0.15) is 38.4 Å². The molecule has 2 aromatic heterocycles. The number of carbonyl (C=O) groups is 1. The van der Waals surface area contributed by atoms with E-state index in [0.29, 0.717) is 52.8 Å². The van der Waals surface area contributed by atoms with Crippen molar-refractivity contribution in [1.82, 2.24) is 24.4 Å². The Balaban J connectivity index is 1.31. The summed E-state index contributed by atoms with van der Waals surface area (Å²) < 4.78 is 1.99. The number of carbonyl (C=O) groups excluding carboxylic acids is 1. The van der Waals surface area contributed by atoms with Crippen molar-refractivity contribution in [3.8, 4) is 0 Å². The van der Waals surface area contributed by atoms with E-state index in [1.807, 2.05) is 31.2 Å². The number of fused-ring (bicyclic) bond motifs is 2. The number of hydrogen-bond acceptors (Lipinski definition) is 5. The lowest BCUT2D eigenvalue weighted by Gasteiger charge is -2.20. The first-order chi connectivity index (χ1) is 16.5. The monoisotopic (exact) mass is 477 g/mol. The Hall–Kier alpha value is -3.59. The largest absolute Gasteiger partial charge is 0.336 e. The summed E-state index contributed by atoms with van der Waals surface area (Å²) in [4.78, 5) is 49.8. The fraction of sp³-hybridized carbons (Fsp3) is 0.320. The zero-order valence-electron chi connectivity index (χ0n) is 19.0. The molecule has 2 aromatic carbocycles. The van der Waals surface area contributed by atoms with E-state index in [9.17, 15) is 14.4 Å². The van der Waals surface area contributed by atoms with Gasteiger partial charge in [-0.05, 0) is 56.2 Å². The number of nitrogens with zero attached hydrogens (tertiary/aromatic N) is 3. The maximum absolute atomic E-state index is 12.7. The second kappa shape index (κ2) is 10.6. The van der Waals surface area contributed by atoms with E-state index in [4.69, 9.17) is 12.2 Å². The van der Waals surface area contributed by atoms with Gasteiger partial charge in [-0.1, -0.05) is 30.7 Å². The average Bonchev–Trinajstić information content (AvgIpc) is 2.84. The number of aromatic amines is 2. The van der Waals surface area contributed by atoms with E-state index >= 15 is 0 Å². The molecular formula is C25H27N5O3S. The molecule has 2 heterocycles. The maximum Gasteiger partial charge on any atom is 0.262 e. The van der Waals surface area contributed by atoms with Gasteiger partial charge in [0.1, 0.15) is 5.82 Å². The standard InChI is InChI=1S/C25H27N5O3S/c1-2-29(16-21-26-19-12-7-5-10-17(19)23(32)28-21)22(31)14-4-3-9-15-30-24(33)18-11-6-8-13-20(18)27-25(30)34/h5-8,10-13H,2-4,9,14-16H2,1H3,(H,27,34)(H,26,28,32). The molecule has 0 atom stereocenters. The van der Waals surface area contributed by atoms with Crippen LogP contribution in [0.3, 0.4) is 0 Å². The maximum atomic E-state index is 12.7. The van der Waals surface area contributed by atoms with Crippen molar-refractivity contribution in [2.45, 2.75) is 45.7 Å². The molecule has 8 nitrogen and oxygen atoms in total. The van der Waals surface area contributed by atoms with Crippen LogP contribution in [-0.4, -0.2) is 36.9 Å². The molecule has 4 rings (SSSR count). The summed E-state index contributed by atoms with van der Waals surface area (Å²) in [6.45, 7) is 3.20. The second-order valence-corrected chi connectivity index (χ2v) is 8.57. The number of unbranched alkanes of at least 4 members (excludes halogenated alkanes) is 2. The third-order valence-electron chi connectivity index (χ3n) is 5.90. The smallest absolute Gasteiger partial charge is 0.262 e. The van der Waals surface area contributed by atoms with Crippen molar-refractivity contribution in [3.05, 3.63) is 79.8 Å². The predicted octanol–water partition coefficient (Wildman–Crippen LogP) is 3.90. The SMILES string of the molecule is CCN(Cc1nc2ccccc2c(=O)[nH]1)C(=O)CCCCCn1c(=S)[nH]c2ccccc2c1=O. The van der Waals surface area contributed by atoms with Crippen molar-refractivity contribution < 1.29 is 4.79 Å². The molecule has 34 heavy (non-hydrogen) atoms. The number of H-pyrrole nitrogens is 2. The highest BCUT2D eigenvalue weighted by molar-refractivity contribution is 7.71. The Labute approximate surface area is 201 Å². The molecular weight excluding hydrogens is 450 g/mol. The van der Waals surface area contributed by atoms with Gasteiger partial charge in [-0.2, -0.15) is 0 Å². The van der Waals surface area contributed by atoms with E-state index in [-0.39, 0.29) is 23.6 Å². The van der Waals surface area contributed by atoms with Gasteiger partial charge in [-0.25, -0.2) is 4.98 Å². The molecule has 0 spiro atoms. The van der Waals surface area contributed by atoms with E-state index in [1.54, 1.807) is 33.7 Å². The van der Waals surface area contributed by atoms with Crippen LogP contribution in [0.5, 0.6) is 0 Å². The van der Waals surface area contributed by atoms with Crippen LogP contribution in [0, 0.1) is 4.77 Å². The Bertz CT molecular complexity index is 1500. The number of hydrogen-bond donors (Lipinski definition) is 2. The fourth-order valence-corrected chi connectivity index (χ4v) is 4.33. The number of nitrogens with one attached hydrogen (secondary N) is 2. The number of benzene rings is 2. The Kier molecular flexibility index (Phi) is 7.32. The van der Waals surface area contributed by atoms with Crippen molar-refractivity contribution in [2.24, 2.45) is 0 Å². The van der Waals surface area contributed by atoms with E-state index in [1.165, 1.54) is 0 Å². The van der Waals surface area contributed by atoms with Crippen LogP contribution in [0.15, 0.2) is 58.1 Å². The molecule has 0 fully saturated rings. The van der Waals surface area contributed by atoms with Crippen LogP contribution >= 0.6 is 12.2 Å². The highest BCUT2D eigenvalue weighted by Gasteiger charge is 2.14. The summed E-state index contributed by atoms with van der Waals surface area (Å²) in [6, 6.07) is 14.5. The molecule has 0 aliphatic heterocycles. The van der Waals surface area contributed by atoms with Gasteiger partial charge in [0.05, 0.1) is 28.4 Å². The molecule has 0 bridgehead atoms. The van der Waals surface area contributed by atoms with Crippen LogP contribution in [0.25, 0.3) is 21.8 Å². The Morgan fingerprint density at radius 1 is 1.00 bits per heavy atom. The van der Waals surface area contributed by atoms with Crippen LogP contribution in [-0.2, 0) is 17.9 Å². The van der Waals surface area contributed by atoms with Crippen LogP contribution in [0.2, 0.25) is 0 Å². The second-order valence-electron chi connectivity index (χ2n) is 8.18. The minimum Gasteiger partial charge on any atom is -0.336 e. The summed E-state index contributed by atoms with van der Waals surface area (Å²) >= 11 is 5.35. The number of amides is 1. The lowest BCUT2D eigenvalue weighted by molar-refractivity contribution is -0.131. The fourth-order valence-electron chi connectivity index (χ4n) is 4.05. The van der Waals surface area contributed by atoms with Gasteiger partial charge in [0.2, 0.25) is 5.91 Å². The Morgan fingerprint density at radius 2 is 1.74 bits per heavy atom. The molecule has 4 aromatic rings. The minimum absolute atomic E-state index is 0.0125. The summed E-state index contributed by atoms with van der Waals surface area (Å²) in [7, 11) is 0. The first-order valence-electron chi connectivity index (χ1n) is 11.5. The average molecular weight is 478 g/mol. The van der Waals surface area contributed by atoms with Crippen molar-refractivity contribution in [1.29, 1.82) is 0 Å². The zero-order valence-corrected chi connectivity index (χ0v) is 19.9. The molecule has 0 aliphatic rings. The molecule has 2 N–H and O–H groups in total. The van der Waals surface area contributed by atoms with Crippen molar-refractivity contribution in [3.63, 3.8) is 0 Å². The molecule has 0 aliphatic carbocycles. The quantitative estimate of drug-likeness (QED) is 0.281. The van der Waals surface area contributed by atoms with Crippen molar-refractivity contribution >= 4 is 39.9 Å².